The monoisotopic (exact) mass is 405 g/mol. The van der Waals surface area contributed by atoms with Crippen LogP contribution in [-0.4, -0.2) is 35.5 Å². The Morgan fingerprint density at radius 1 is 0.900 bits per heavy atom. The molecule has 30 heavy (non-hydrogen) atoms. The lowest BCUT2D eigenvalue weighted by molar-refractivity contribution is -0.126. The van der Waals surface area contributed by atoms with Crippen molar-refractivity contribution < 1.29 is 19.1 Å². The van der Waals surface area contributed by atoms with E-state index in [1.54, 1.807) is 24.3 Å². The fourth-order valence-corrected chi connectivity index (χ4v) is 2.87. The highest BCUT2D eigenvalue weighted by atomic mass is 16.5. The Labute approximate surface area is 174 Å². The largest absolute Gasteiger partial charge is 0.452 e. The lowest BCUT2D eigenvalue weighted by Gasteiger charge is -2.10. The first-order chi connectivity index (χ1) is 14.6. The minimum atomic E-state index is -0.606. The van der Waals surface area contributed by atoms with Crippen molar-refractivity contribution in [1.82, 2.24) is 9.88 Å². The second-order valence-corrected chi connectivity index (χ2v) is 6.55. The van der Waals surface area contributed by atoms with Crippen LogP contribution in [-0.2, 0) is 20.7 Å². The first kappa shape index (κ1) is 20.9. The van der Waals surface area contributed by atoms with E-state index >= 15 is 0 Å². The van der Waals surface area contributed by atoms with Gasteiger partial charge in [-0.25, -0.2) is 4.79 Å². The predicted molar refractivity (Wildman–Crippen MR) is 114 cm³/mol. The third-order valence-corrected chi connectivity index (χ3v) is 4.46. The van der Waals surface area contributed by atoms with E-state index in [0.717, 1.165) is 17.7 Å². The summed E-state index contributed by atoms with van der Waals surface area (Å²) in [4.78, 5) is 36.0. The summed E-state index contributed by atoms with van der Waals surface area (Å²) in [7, 11) is 0. The summed E-state index contributed by atoms with van der Waals surface area (Å²) in [5.74, 6) is -1.51. The molecule has 0 aliphatic heterocycles. The molecule has 0 saturated carbocycles. The third kappa shape index (κ3) is 5.57. The van der Waals surface area contributed by atoms with E-state index in [2.05, 4.69) is 10.6 Å². The van der Waals surface area contributed by atoms with Crippen LogP contribution in [0.15, 0.2) is 73.1 Å². The van der Waals surface area contributed by atoms with Gasteiger partial charge in [-0.05, 0) is 54.4 Å². The van der Waals surface area contributed by atoms with Crippen molar-refractivity contribution in [1.29, 1.82) is 0 Å². The predicted octanol–water partition coefficient (Wildman–Crippen LogP) is 2.95. The standard InChI is InChI=1S/C23H23N3O4/c1-2-17-7-3-4-8-20(17)25-21(27)15-24-22(28)16-30-23(29)18-9-11-19(12-10-18)26-13-5-6-14-26/h3-14H,2,15-16H2,1H3,(H,24,28)(H,25,27). The van der Waals surface area contributed by atoms with Crippen molar-refractivity contribution in [3.8, 4) is 5.69 Å². The SMILES string of the molecule is CCc1ccccc1NC(=O)CNC(=O)COC(=O)c1ccc(-n2cccc2)cc1. The number of rotatable bonds is 8. The zero-order chi connectivity index (χ0) is 21.3. The average molecular weight is 405 g/mol. The van der Waals surface area contributed by atoms with Crippen molar-refractivity contribution in [2.75, 3.05) is 18.5 Å². The zero-order valence-corrected chi connectivity index (χ0v) is 16.6. The number of para-hydroxylation sites is 1. The van der Waals surface area contributed by atoms with Gasteiger partial charge in [-0.15, -0.1) is 0 Å². The summed E-state index contributed by atoms with van der Waals surface area (Å²) >= 11 is 0. The number of ether oxygens (including phenoxy) is 1. The highest BCUT2D eigenvalue weighted by Crippen LogP contribution is 2.15. The van der Waals surface area contributed by atoms with Crippen LogP contribution in [0.4, 0.5) is 5.69 Å². The number of hydrogen-bond acceptors (Lipinski definition) is 4. The molecule has 0 aliphatic carbocycles. The molecule has 1 aromatic heterocycles. The molecule has 154 valence electrons. The molecule has 3 aromatic rings. The van der Waals surface area contributed by atoms with Crippen LogP contribution < -0.4 is 10.6 Å². The summed E-state index contributed by atoms with van der Waals surface area (Å²) < 4.78 is 6.93. The normalized spacial score (nSPS) is 10.3. The van der Waals surface area contributed by atoms with Gasteiger partial charge in [-0.2, -0.15) is 0 Å². The molecule has 0 unspecified atom stereocenters. The first-order valence-electron chi connectivity index (χ1n) is 9.62. The van der Waals surface area contributed by atoms with Gasteiger partial charge in [0.05, 0.1) is 12.1 Å². The van der Waals surface area contributed by atoms with E-state index in [-0.39, 0.29) is 12.5 Å². The molecule has 0 fully saturated rings. The summed E-state index contributed by atoms with van der Waals surface area (Å²) in [6, 6.07) is 18.1. The second-order valence-electron chi connectivity index (χ2n) is 6.55. The number of esters is 1. The second kappa shape index (κ2) is 10.1. The Bertz CT molecular complexity index is 1010. The summed E-state index contributed by atoms with van der Waals surface area (Å²) in [6.07, 6.45) is 4.58. The maximum absolute atomic E-state index is 12.1. The van der Waals surface area contributed by atoms with Gasteiger partial charge in [0.2, 0.25) is 5.91 Å². The molecule has 2 amide bonds. The first-order valence-corrected chi connectivity index (χ1v) is 9.62. The summed E-state index contributed by atoms with van der Waals surface area (Å²) in [5.41, 5.74) is 2.97. The number of benzene rings is 2. The van der Waals surface area contributed by atoms with Gasteiger partial charge in [0.25, 0.3) is 5.91 Å². The van der Waals surface area contributed by atoms with E-state index in [1.807, 2.05) is 60.3 Å². The highest BCUT2D eigenvalue weighted by Gasteiger charge is 2.12. The molecule has 7 heteroatoms. The van der Waals surface area contributed by atoms with Gasteiger partial charge in [0, 0.05) is 23.8 Å². The Morgan fingerprint density at radius 3 is 2.30 bits per heavy atom. The lowest BCUT2D eigenvalue weighted by Crippen LogP contribution is -2.35. The highest BCUT2D eigenvalue weighted by molar-refractivity contribution is 5.96. The van der Waals surface area contributed by atoms with Crippen molar-refractivity contribution in [2.45, 2.75) is 13.3 Å². The average Bonchev–Trinajstić information content (AvgIpc) is 3.31. The Balaban J connectivity index is 1.43. The summed E-state index contributed by atoms with van der Waals surface area (Å²) in [6.45, 7) is 1.33. The smallest absolute Gasteiger partial charge is 0.338 e. The van der Waals surface area contributed by atoms with Crippen LogP contribution in [0, 0.1) is 0 Å². The number of carbonyl (C=O) groups excluding carboxylic acids is 3. The molecule has 1 heterocycles. The maximum Gasteiger partial charge on any atom is 0.338 e. The molecule has 0 bridgehead atoms. The number of aromatic nitrogens is 1. The van der Waals surface area contributed by atoms with Gasteiger partial charge < -0.3 is 19.9 Å². The van der Waals surface area contributed by atoms with E-state index in [9.17, 15) is 14.4 Å². The van der Waals surface area contributed by atoms with Gasteiger partial charge in [-0.3, -0.25) is 9.59 Å². The molecule has 0 atom stereocenters. The van der Waals surface area contributed by atoms with E-state index in [4.69, 9.17) is 4.74 Å². The van der Waals surface area contributed by atoms with E-state index in [1.165, 1.54) is 0 Å². The minimum absolute atomic E-state index is 0.208. The number of nitrogens with one attached hydrogen (secondary N) is 2. The maximum atomic E-state index is 12.1. The number of carbonyl (C=O) groups is 3. The molecular weight excluding hydrogens is 382 g/mol. The number of anilines is 1. The number of amides is 2. The van der Waals surface area contributed by atoms with Crippen LogP contribution in [0.2, 0.25) is 0 Å². The molecule has 0 saturated heterocycles. The van der Waals surface area contributed by atoms with E-state index < -0.39 is 18.5 Å². The Morgan fingerprint density at radius 2 is 1.60 bits per heavy atom. The quantitative estimate of drug-likeness (QED) is 0.564. The van der Waals surface area contributed by atoms with Crippen molar-refractivity contribution in [2.24, 2.45) is 0 Å². The molecule has 3 rings (SSSR count). The minimum Gasteiger partial charge on any atom is -0.452 e. The topological polar surface area (TPSA) is 89.4 Å². The number of aryl methyl sites for hydroxylation is 1. The molecule has 2 aromatic carbocycles. The van der Waals surface area contributed by atoms with Gasteiger partial charge >= 0.3 is 5.97 Å². The zero-order valence-electron chi connectivity index (χ0n) is 16.6. The lowest BCUT2D eigenvalue weighted by atomic mass is 10.1. The molecular formula is C23H23N3O4. The van der Waals surface area contributed by atoms with Crippen LogP contribution in [0.5, 0.6) is 0 Å². The third-order valence-electron chi connectivity index (χ3n) is 4.46. The molecule has 0 spiro atoms. The van der Waals surface area contributed by atoms with Crippen LogP contribution >= 0.6 is 0 Å². The van der Waals surface area contributed by atoms with Crippen LogP contribution in [0.1, 0.15) is 22.8 Å². The van der Waals surface area contributed by atoms with Gasteiger partial charge in [-0.1, -0.05) is 25.1 Å². The summed E-state index contributed by atoms with van der Waals surface area (Å²) in [5, 5.41) is 5.20. The van der Waals surface area contributed by atoms with Crippen LogP contribution in [0.3, 0.4) is 0 Å². The van der Waals surface area contributed by atoms with Crippen LogP contribution in [0.25, 0.3) is 5.69 Å². The molecule has 0 radical (unpaired) electrons. The Hall–Kier alpha value is -3.87. The van der Waals surface area contributed by atoms with Gasteiger partial charge in [0.15, 0.2) is 6.61 Å². The van der Waals surface area contributed by atoms with Crippen molar-refractivity contribution in [3.05, 3.63) is 84.2 Å². The number of nitrogens with zero attached hydrogens (tertiary/aromatic N) is 1. The molecule has 7 nitrogen and oxygen atoms in total. The molecule has 0 aliphatic rings. The fourth-order valence-electron chi connectivity index (χ4n) is 2.87. The van der Waals surface area contributed by atoms with Crippen molar-refractivity contribution in [3.63, 3.8) is 0 Å². The van der Waals surface area contributed by atoms with Crippen molar-refractivity contribution >= 4 is 23.5 Å². The van der Waals surface area contributed by atoms with E-state index in [0.29, 0.717) is 11.3 Å². The Kier molecular flexibility index (Phi) is 7.00. The molecule has 2 N–H and O–H groups in total. The fraction of sp³-hybridized carbons (Fsp3) is 0.174. The van der Waals surface area contributed by atoms with Gasteiger partial charge in [0.1, 0.15) is 0 Å². The number of hydrogen-bond donors (Lipinski definition) is 2.